The highest BCUT2D eigenvalue weighted by Crippen LogP contribution is 2.22. The Morgan fingerprint density at radius 3 is 2.32 bits per heavy atom. The minimum atomic E-state index is -3.77. The van der Waals surface area contributed by atoms with Crippen LogP contribution in [0, 0.1) is 6.92 Å². The number of anilines is 1. The second kappa shape index (κ2) is 9.99. The van der Waals surface area contributed by atoms with Gasteiger partial charge >= 0.3 is 0 Å². The molecule has 3 rings (SSSR count). The van der Waals surface area contributed by atoms with Gasteiger partial charge < -0.3 is 14.8 Å². The SMILES string of the molecule is COc1cccc(NS(=O)(=O)c2ccc(OCC(=O)NCc3ccc(C)cc3)cc2)c1. The lowest BCUT2D eigenvalue weighted by Crippen LogP contribution is -2.28. The molecule has 3 aromatic carbocycles. The van der Waals surface area contributed by atoms with E-state index in [4.69, 9.17) is 9.47 Å². The molecule has 0 unspecified atom stereocenters. The number of nitrogens with one attached hydrogen (secondary N) is 2. The molecule has 3 aromatic rings. The van der Waals surface area contributed by atoms with Crippen LogP contribution in [-0.2, 0) is 21.4 Å². The first-order valence-electron chi connectivity index (χ1n) is 9.58. The number of hydrogen-bond acceptors (Lipinski definition) is 5. The van der Waals surface area contributed by atoms with Crippen LogP contribution in [-0.4, -0.2) is 28.0 Å². The van der Waals surface area contributed by atoms with E-state index < -0.39 is 10.0 Å². The Bertz CT molecular complexity index is 1130. The third-order valence-electron chi connectivity index (χ3n) is 4.44. The highest BCUT2D eigenvalue weighted by Gasteiger charge is 2.15. The van der Waals surface area contributed by atoms with E-state index >= 15 is 0 Å². The molecule has 0 bridgehead atoms. The zero-order chi connectivity index (χ0) is 22.3. The lowest BCUT2D eigenvalue weighted by molar-refractivity contribution is -0.123. The predicted molar refractivity (Wildman–Crippen MR) is 119 cm³/mol. The molecular formula is C23H24N2O5S. The van der Waals surface area contributed by atoms with Gasteiger partial charge in [-0.05, 0) is 48.9 Å². The zero-order valence-corrected chi connectivity index (χ0v) is 18.1. The van der Waals surface area contributed by atoms with Crippen molar-refractivity contribution in [2.45, 2.75) is 18.4 Å². The summed E-state index contributed by atoms with van der Waals surface area (Å²) in [5.74, 6) is 0.674. The maximum atomic E-state index is 12.6. The average Bonchev–Trinajstić information content (AvgIpc) is 2.77. The molecule has 0 heterocycles. The van der Waals surface area contributed by atoms with Gasteiger partial charge in [0, 0.05) is 12.6 Å². The van der Waals surface area contributed by atoms with Gasteiger partial charge in [0.25, 0.3) is 15.9 Å². The van der Waals surface area contributed by atoms with Gasteiger partial charge in [0.2, 0.25) is 0 Å². The van der Waals surface area contributed by atoms with E-state index in [0.717, 1.165) is 11.1 Å². The Kier molecular flexibility index (Phi) is 7.15. The van der Waals surface area contributed by atoms with Crippen LogP contribution in [0.5, 0.6) is 11.5 Å². The second-order valence-electron chi connectivity index (χ2n) is 6.86. The Labute approximate surface area is 182 Å². The topological polar surface area (TPSA) is 93.7 Å². The molecule has 2 N–H and O–H groups in total. The number of benzene rings is 3. The van der Waals surface area contributed by atoms with Crippen LogP contribution in [0.2, 0.25) is 0 Å². The van der Waals surface area contributed by atoms with Crippen LogP contribution in [0.25, 0.3) is 0 Å². The van der Waals surface area contributed by atoms with Crippen LogP contribution in [0.1, 0.15) is 11.1 Å². The number of ether oxygens (including phenoxy) is 2. The normalized spacial score (nSPS) is 10.9. The minimum absolute atomic E-state index is 0.0755. The van der Waals surface area contributed by atoms with E-state index in [2.05, 4.69) is 10.0 Å². The van der Waals surface area contributed by atoms with Crippen LogP contribution in [0.15, 0.2) is 77.7 Å². The summed E-state index contributed by atoms with van der Waals surface area (Å²) in [6.45, 7) is 2.25. The summed E-state index contributed by atoms with van der Waals surface area (Å²) in [5.41, 5.74) is 2.55. The molecule has 0 aromatic heterocycles. The molecule has 162 valence electrons. The van der Waals surface area contributed by atoms with Gasteiger partial charge in [0.05, 0.1) is 17.7 Å². The molecule has 0 radical (unpaired) electrons. The van der Waals surface area contributed by atoms with Crippen molar-refractivity contribution in [3.05, 3.63) is 83.9 Å². The minimum Gasteiger partial charge on any atom is -0.497 e. The maximum absolute atomic E-state index is 12.6. The van der Waals surface area contributed by atoms with Gasteiger partial charge in [-0.3, -0.25) is 9.52 Å². The van der Waals surface area contributed by atoms with Crippen molar-refractivity contribution < 1.29 is 22.7 Å². The maximum Gasteiger partial charge on any atom is 0.261 e. The first kappa shape index (κ1) is 22.2. The summed E-state index contributed by atoms with van der Waals surface area (Å²) < 4.78 is 38.2. The standard InChI is InChI=1S/C23H24N2O5S/c1-17-6-8-18(9-7-17)15-24-23(26)16-30-20-10-12-22(13-11-20)31(27,28)25-19-4-3-5-21(14-19)29-2/h3-14,25H,15-16H2,1-2H3,(H,24,26). The number of hydrogen-bond donors (Lipinski definition) is 2. The summed E-state index contributed by atoms with van der Waals surface area (Å²) >= 11 is 0. The van der Waals surface area contributed by atoms with E-state index in [1.807, 2.05) is 31.2 Å². The van der Waals surface area contributed by atoms with Gasteiger partial charge in [-0.15, -0.1) is 0 Å². The fourth-order valence-electron chi connectivity index (χ4n) is 2.72. The second-order valence-corrected chi connectivity index (χ2v) is 8.54. The molecule has 0 spiro atoms. The van der Waals surface area contributed by atoms with Crippen LogP contribution in [0.4, 0.5) is 5.69 Å². The van der Waals surface area contributed by atoms with Gasteiger partial charge in [-0.25, -0.2) is 8.42 Å². The summed E-state index contributed by atoms with van der Waals surface area (Å²) in [5, 5.41) is 2.78. The lowest BCUT2D eigenvalue weighted by atomic mass is 10.1. The van der Waals surface area contributed by atoms with E-state index in [9.17, 15) is 13.2 Å². The van der Waals surface area contributed by atoms with Crippen molar-refractivity contribution in [3.8, 4) is 11.5 Å². The predicted octanol–water partition coefficient (Wildman–Crippen LogP) is 3.50. The fraction of sp³-hybridized carbons (Fsp3) is 0.174. The molecule has 0 saturated carbocycles. The van der Waals surface area contributed by atoms with Crippen molar-refractivity contribution in [2.75, 3.05) is 18.4 Å². The quantitative estimate of drug-likeness (QED) is 0.531. The third kappa shape index (κ3) is 6.48. The van der Waals surface area contributed by atoms with Crippen molar-refractivity contribution >= 4 is 21.6 Å². The average molecular weight is 441 g/mol. The number of aryl methyl sites for hydroxylation is 1. The number of sulfonamides is 1. The summed E-state index contributed by atoms with van der Waals surface area (Å²) in [6.07, 6.45) is 0. The van der Waals surface area contributed by atoms with Gasteiger partial charge in [-0.2, -0.15) is 0 Å². The molecule has 0 atom stereocenters. The van der Waals surface area contributed by atoms with E-state index in [0.29, 0.717) is 23.7 Å². The molecule has 31 heavy (non-hydrogen) atoms. The number of amides is 1. The summed E-state index contributed by atoms with van der Waals surface area (Å²) in [6, 6.07) is 20.4. The van der Waals surface area contributed by atoms with Gasteiger partial charge in [-0.1, -0.05) is 35.9 Å². The highest BCUT2D eigenvalue weighted by atomic mass is 32.2. The van der Waals surface area contributed by atoms with Gasteiger partial charge in [0.1, 0.15) is 11.5 Å². The third-order valence-corrected chi connectivity index (χ3v) is 5.83. The van der Waals surface area contributed by atoms with Crippen molar-refractivity contribution in [2.24, 2.45) is 0 Å². The molecule has 1 amide bonds. The summed E-state index contributed by atoms with van der Waals surface area (Å²) in [7, 11) is -2.26. The number of carbonyl (C=O) groups is 1. The number of carbonyl (C=O) groups excluding carboxylic acids is 1. The van der Waals surface area contributed by atoms with Crippen LogP contribution >= 0.6 is 0 Å². The van der Waals surface area contributed by atoms with Gasteiger partial charge in [0.15, 0.2) is 6.61 Å². The Balaban J connectivity index is 1.53. The Morgan fingerprint density at radius 1 is 0.935 bits per heavy atom. The number of methoxy groups -OCH3 is 1. The highest BCUT2D eigenvalue weighted by molar-refractivity contribution is 7.92. The van der Waals surface area contributed by atoms with Crippen molar-refractivity contribution in [1.29, 1.82) is 0 Å². The largest absolute Gasteiger partial charge is 0.497 e. The lowest BCUT2D eigenvalue weighted by Gasteiger charge is -2.11. The van der Waals surface area contributed by atoms with Crippen LogP contribution < -0.4 is 19.5 Å². The molecule has 7 nitrogen and oxygen atoms in total. The Morgan fingerprint density at radius 2 is 1.65 bits per heavy atom. The smallest absolute Gasteiger partial charge is 0.261 e. The molecule has 0 aliphatic carbocycles. The molecular weight excluding hydrogens is 416 g/mol. The molecule has 0 saturated heterocycles. The van der Waals surface area contributed by atoms with E-state index in [-0.39, 0.29) is 17.4 Å². The first-order chi connectivity index (χ1) is 14.9. The molecule has 8 heteroatoms. The monoisotopic (exact) mass is 440 g/mol. The fourth-order valence-corrected chi connectivity index (χ4v) is 3.77. The zero-order valence-electron chi connectivity index (χ0n) is 17.3. The first-order valence-corrected chi connectivity index (χ1v) is 11.1. The van der Waals surface area contributed by atoms with Crippen molar-refractivity contribution in [3.63, 3.8) is 0 Å². The van der Waals surface area contributed by atoms with E-state index in [1.54, 1.807) is 24.3 Å². The van der Waals surface area contributed by atoms with Crippen LogP contribution in [0.3, 0.4) is 0 Å². The van der Waals surface area contributed by atoms with Crippen molar-refractivity contribution in [1.82, 2.24) is 5.32 Å². The Hall–Kier alpha value is -3.52. The van der Waals surface area contributed by atoms with E-state index in [1.165, 1.54) is 31.4 Å². The molecule has 0 fully saturated rings. The molecule has 0 aliphatic heterocycles. The molecule has 0 aliphatic rings. The summed E-state index contributed by atoms with van der Waals surface area (Å²) in [4.78, 5) is 12.1. The number of rotatable bonds is 9.